The van der Waals surface area contributed by atoms with E-state index in [-0.39, 0.29) is 0 Å². The number of aromatic nitrogens is 2. The van der Waals surface area contributed by atoms with Crippen LogP contribution in [0.2, 0.25) is 0 Å². The van der Waals surface area contributed by atoms with Crippen molar-refractivity contribution in [3.63, 3.8) is 0 Å². The fourth-order valence-corrected chi connectivity index (χ4v) is 3.30. The highest BCUT2D eigenvalue weighted by molar-refractivity contribution is 9.10. The van der Waals surface area contributed by atoms with Gasteiger partial charge in [-0.3, -0.25) is 4.98 Å². The molecule has 4 heteroatoms. The molecule has 2 nitrogen and oxygen atoms in total. The van der Waals surface area contributed by atoms with Gasteiger partial charge < -0.3 is 0 Å². The monoisotopic (exact) mass is 344 g/mol. The lowest BCUT2D eigenvalue weighted by molar-refractivity contribution is 1.05. The van der Waals surface area contributed by atoms with Crippen LogP contribution in [0, 0.1) is 6.92 Å². The molecule has 0 unspecified atom stereocenters. The Hall–Kier alpha value is -1.52. The Labute approximate surface area is 130 Å². The van der Waals surface area contributed by atoms with Gasteiger partial charge in [-0.25, -0.2) is 4.98 Å². The molecular weight excluding hydrogens is 332 g/mol. The molecule has 0 saturated heterocycles. The summed E-state index contributed by atoms with van der Waals surface area (Å²) in [6.07, 6.45) is 2.62. The summed E-state index contributed by atoms with van der Waals surface area (Å²) in [5, 5.41) is 1.11. The van der Waals surface area contributed by atoms with Crippen molar-refractivity contribution >= 4 is 27.3 Å². The van der Waals surface area contributed by atoms with E-state index in [9.17, 15) is 0 Å². The molecule has 100 valence electrons. The molecule has 0 N–H and O–H groups in total. The van der Waals surface area contributed by atoms with Crippen molar-refractivity contribution < 1.29 is 0 Å². The maximum absolute atomic E-state index is 4.77. The minimum absolute atomic E-state index is 0.795. The number of hydrogen-bond donors (Lipinski definition) is 0. The van der Waals surface area contributed by atoms with Gasteiger partial charge in [0.05, 0.1) is 10.7 Å². The zero-order valence-electron chi connectivity index (χ0n) is 11.0. The fourth-order valence-electron chi connectivity index (χ4n) is 2.06. The van der Waals surface area contributed by atoms with Crippen molar-refractivity contribution in [2.24, 2.45) is 0 Å². The highest BCUT2D eigenvalue weighted by Gasteiger charge is 2.10. The fraction of sp³-hybridized carbons (Fsp3) is 0.125. The lowest BCUT2D eigenvalue weighted by Crippen LogP contribution is -1.90. The van der Waals surface area contributed by atoms with Gasteiger partial charge >= 0.3 is 0 Å². The minimum Gasteiger partial charge on any atom is -0.261 e. The van der Waals surface area contributed by atoms with Crippen LogP contribution in [0.25, 0.3) is 11.3 Å². The normalized spacial score (nSPS) is 10.7. The molecule has 0 saturated carbocycles. The first-order chi connectivity index (χ1) is 9.72. The van der Waals surface area contributed by atoms with Crippen molar-refractivity contribution in [1.82, 2.24) is 9.97 Å². The summed E-state index contributed by atoms with van der Waals surface area (Å²) in [7, 11) is 0. The van der Waals surface area contributed by atoms with Gasteiger partial charge in [-0.05, 0) is 31.2 Å². The molecule has 0 amide bonds. The van der Waals surface area contributed by atoms with Crippen LogP contribution in [0.4, 0.5) is 0 Å². The van der Waals surface area contributed by atoms with Crippen molar-refractivity contribution in [2.75, 3.05) is 0 Å². The highest BCUT2D eigenvalue weighted by Crippen LogP contribution is 2.29. The van der Waals surface area contributed by atoms with Crippen LogP contribution in [0.5, 0.6) is 0 Å². The zero-order chi connectivity index (χ0) is 13.9. The molecule has 0 aliphatic rings. The van der Waals surface area contributed by atoms with Gasteiger partial charge in [0.2, 0.25) is 0 Å². The molecule has 0 bridgehead atoms. The zero-order valence-corrected chi connectivity index (χ0v) is 13.4. The van der Waals surface area contributed by atoms with Crippen LogP contribution >= 0.6 is 27.3 Å². The van der Waals surface area contributed by atoms with Crippen LogP contribution < -0.4 is 0 Å². The largest absolute Gasteiger partial charge is 0.261 e. The minimum atomic E-state index is 0.795. The van der Waals surface area contributed by atoms with E-state index < -0.39 is 0 Å². The Bertz CT molecular complexity index is 705. The molecule has 1 aromatic carbocycles. The third kappa shape index (κ3) is 2.97. The van der Waals surface area contributed by atoms with E-state index in [2.05, 4.69) is 40.0 Å². The molecular formula is C16H13BrN2S. The average molecular weight is 345 g/mol. The molecule has 3 rings (SSSR count). The first kappa shape index (κ1) is 13.5. The number of benzene rings is 1. The number of thiazole rings is 1. The van der Waals surface area contributed by atoms with Crippen LogP contribution in [-0.4, -0.2) is 9.97 Å². The quantitative estimate of drug-likeness (QED) is 0.677. The van der Waals surface area contributed by atoms with Crippen LogP contribution in [0.1, 0.15) is 15.6 Å². The Balaban J connectivity index is 1.89. The van der Waals surface area contributed by atoms with Crippen molar-refractivity contribution in [3.8, 4) is 11.3 Å². The van der Waals surface area contributed by atoms with Crippen molar-refractivity contribution in [1.29, 1.82) is 0 Å². The second kappa shape index (κ2) is 5.85. The lowest BCUT2D eigenvalue weighted by Gasteiger charge is -1.98. The second-order valence-electron chi connectivity index (χ2n) is 4.52. The van der Waals surface area contributed by atoms with E-state index in [1.54, 1.807) is 11.3 Å². The van der Waals surface area contributed by atoms with Gasteiger partial charge in [0, 0.05) is 33.2 Å². The third-order valence-electron chi connectivity index (χ3n) is 3.02. The molecule has 0 spiro atoms. The summed E-state index contributed by atoms with van der Waals surface area (Å²) in [5.74, 6) is 0. The lowest BCUT2D eigenvalue weighted by atomic mass is 10.1. The summed E-state index contributed by atoms with van der Waals surface area (Å²) in [6, 6.07) is 14.3. The van der Waals surface area contributed by atoms with Crippen LogP contribution in [0.3, 0.4) is 0 Å². The Morgan fingerprint density at radius 3 is 2.60 bits per heavy atom. The molecule has 0 aliphatic carbocycles. The summed E-state index contributed by atoms with van der Waals surface area (Å²) in [4.78, 5) is 10.4. The van der Waals surface area contributed by atoms with Gasteiger partial charge in [0.1, 0.15) is 0 Å². The smallest absolute Gasteiger partial charge is 0.0995 e. The molecule has 0 atom stereocenters. The van der Waals surface area contributed by atoms with Crippen LogP contribution in [0.15, 0.2) is 53.1 Å². The van der Waals surface area contributed by atoms with Gasteiger partial charge in [0.15, 0.2) is 0 Å². The van der Waals surface area contributed by atoms with Gasteiger partial charge in [-0.2, -0.15) is 0 Å². The third-order valence-corrected chi connectivity index (χ3v) is 4.52. The Morgan fingerprint density at radius 1 is 1.10 bits per heavy atom. The number of halogens is 1. The van der Waals surface area contributed by atoms with Gasteiger partial charge in [0.25, 0.3) is 0 Å². The SMILES string of the molecule is Cc1sc(Cc2ccccn2)nc1-c1ccc(Br)cc1. The van der Waals surface area contributed by atoms with E-state index in [1.807, 2.05) is 36.5 Å². The molecule has 3 aromatic rings. The standard InChI is InChI=1S/C16H13BrN2S/c1-11-16(12-5-7-13(17)8-6-12)19-15(20-11)10-14-4-2-3-9-18-14/h2-9H,10H2,1H3. The molecule has 2 aromatic heterocycles. The number of hydrogen-bond acceptors (Lipinski definition) is 3. The number of aryl methyl sites for hydroxylation is 1. The van der Waals surface area contributed by atoms with Crippen LogP contribution in [-0.2, 0) is 6.42 Å². The molecule has 20 heavy (non-hydrogen) atoms. The topological polar surface area (TPSA) is 25.8 Å². The summed E-state index contributed by atoms with van der Waals surface area (Å²) in [6.45, 7) is 2.12. The number of pyridine rings is 1. The predicted molar refractivity (Wildman–Crippen MR) is 87.0 cm³/mol. The second-order valence-corrected chi connectivity index (χ2v) is 6.72. The summed E-state index contributed by atoms with van der Waals surface area (Å²) in [5.41, 5.74) is 3.30. The van der Waals surface area contributed by atoms with Gasteiger partial charge in [-0.1, -0.05) is 34.1 Å². The maximum Gasteiger partial charge on any atom is 0.0995 e. The maximum atomic E-state index is 4.77. The molecule has 0 radical (unpaired) electrons. The highest BCUT2D eigenvalue weighted by atomic mass is 79.9. The van der Waals surface area contributed by atoms with E-state index in [1.165, 1.54) is 4.88 Å². The van der Waals surface area contributed by atoms with E-state index in [0.29, 0.717) is 0 Å². The first-order valence-corrected chi connectivity index (χ1v) is 7.95. The van der Waals surface area contributed by atoms with E-state index >= 15 is 0 Å². The first-order valence-electron chi connectivity index (χ1n) is 6.34. The summed E-state index contributed by atoms with van der Waals surface area (Å²) < 4.78 is 1.09. The molecule has 0 fully saturated rings. The Morgan fingerprint density at radius 2 is 1.90 bits per heavy atom. The number of nitrogens with zero attached hydrogens (tertiary/aromatic N) is 2. The Kier molecular flexibility index (Phi) is 3.94. The number of rotatable bonds is 3. The van der Waals surface area contributed by atoms with Crippen molar-refractivity contribution in [2.45, 2.75) is 13.3 Å². The summed E-state index contributed by atoms with van der Waals surface area (Å²) >= 11 is 5.21. The van der Waals surface area contributed by atoms with E-state index in [0.717, 1.165) is 32.9 Å². The van der Waals surface area contributed by atoms with Crippen molar-refractivity contribution in [3.05, 3.63) is 68.7 Å². The molecule has 0 aliphatic heterocycles. The van der Waals surface area contributed by atoms with E-state index in [4.69, 9.17) is 4.98 Å². The van der Waals surface area contributed by atoms with Gasteiger partial charge in [-0.15, -0.1) is 11.3 Å². The average Bonchev–Trinajstić information content (AvgIpc) is 2.81. The molecule has 2 heterocycles. The predicted octanol–water partition coefficient (Wildman–Crippen LogP) is 4.87.